The highest BCUT2D eigenvalue weighted by Gasteiger charge is 2.08. The third kappa shape index (κ3) is 4.23. The maximum atomic E-state index is 13.1. The van der Waals surface area contributed by atoms with Crippen LogP contribution in [-0.4, -0.2) is 9.97 Å². The maximum Gasteiger partial charge on any atom is 0.225 e. The van der Waals surface area contributed by atoms with Crippen molar-refractivity contribution in [3.8, 4) is 0 Å². The Labute approximate surface area is 161 Å². The molecule has 0 amide bonds. The smallest absolute Gasteiger partial charge is 0.225 e. The van der Waals surface area contributed by atoms with Gasteiger partial charge < -0.3 is 10.6 Å². The number of benzene rings is 3. The second kappa shape index (κ2) is 8.00. The van der Waals surface area contributed by atoms with Gasteiger partial charge in [0.25, 0.3) is 0 Å². The molecule has 0 aliphatic rings. The molecule has 0 radical (unpaired) electrons. The molecule has 0 aliphatic heterocycles. The second-order valence-electron chi connectivity index (χ2n) is 6.37. The topological polar surface area (TPSA) is 49.8 Å². The molecule has 2 N–H and O–H groups in total. The van der Waals surface area contributed by atoms with Gasteiger partial charge in [0.05, 0.1) is 5.52 Å². The Morgan fingerprint density at radius 2 is 1.21 bits per heavy atom. The minimum absolute atomic E-state index is 0.261. The summed E-state index contributed by atoms with van der Waals surface area (Å²) in [5.74, 6) is 0.641. The lowest BCUT2D eigenvalue weighted by molar-refractivity contribution is 0.626. The number of para-hydroxylation sites is 1. The lowest BCUT2D eigenvalue weighted by Gasteiger charge is -2.12. The zero-order valence-corrected chi connectivity index (χ0v) is 15.0. The number of rotatable bonds is 6. The molecule has 3 aromatic carbocycles. The fourth-order valence-corrected chi connectivity index (χ4v) is 2.86. The normalized spacial score (nSPS) is 10.8. The van der Waals surface area contributed by atoms with Gasteiger partial charge in [-0.1, -0.05) is 36.4 Å². The number of hydrogen-bond donors (Lipinski definition) is 2. The van der Waals surface area contributed by atoms with Crippen LogP contribution in [0.15, 0.2) is 72.8 Å². The molecule has 0 spiro atoms. The first-order valence-electron chi connectivity index (χ1n) is 8.91. The third-order valence-electron chi connectivity index (χ3n) is 4.34. The Morgan fingerprint density at radius 1 is 0.643 bits per heavy atom. The van der Waals surface area contributed by atoms with Crippen LogP contribution in [0.1, 0.15) is 11.1 Å². The van der Waals surface area contributed by atoms with E-state index >= 15 is 0 Å². The molecule has 28 heavy (non-hydrogen) atoms. The van der Waals surface area contributed by atoms with Crippen LogP contribution in [0.4, 0.5) is 20.5 Å². The number of nitrogens with one attached hydrogen (secondary N) is 2. The molecule has 0 unspecified atom stereocenters. The number of aromatic nitrogens is 2. The molecular weight excluding hydrogens is 358 g/mol. The zero-order chi connectivity index (χ0) is 19.3. The van der Waals surface area contributed by atoms with Crippen LogP contribution >= 0.6 is 0 Å². The van der Waals surface area contributed by atoms with E-state index in [0.717, 1.165) is 22.0 Å². The summed E-state index contributed by atoms with van der Waals surface area (Å²) in [4.78, 5) is 9.13. The fraction of sp³-hybridized carbons (Fsp3) is 0.0909. The lowest BCUT2D eigenvalue weighted by Crippen LogP contribution is -2.08. The van der Waals surface area contributed by atoms with Crippen molar-refractivity contribution < 1.29 is 8.78 Å². The minimum Gasteiger partial charge on any atom is -0.365 e. The summed E-state index contributed by atoms with van der Waals surface area (Å²) in [7, 11) is 0. The van der Waals surface area contributed by atoms with Crippen molar-refractivity contribution in [3.63, 3.8) is 0 Å². The van der Waals surface area contributed by atoms with Crippen LogP contribution in [0.5, 0.6) is 0 Å². The number of hydrogen-bond acceptors (Lipinski definition) is 4. The van der Waals surface area contributed by atoms with Crippen molar-refractivity contribution in [1.82, 2.24) is 9.97 Å². The summed E-state index contributed by atoms with van der Waals surface area (Å²) in [5, 5.41) is 7.39. The van der Waals surface area contributed by atoms with E-state index in [-0.39, 0.29) is 11.6 Å². The fourth-order valence-electron chi connectivity index (χ4n) is 2.86. The highest BCUT2D eigenvalue weighted by molar-refractivity contribution is 5.90. The van der Waals surface area contributed by atoms with Crippen molar-refractivity contribution >= 4 is 22.7 Å². The summed E-state index contributed by atoms with van der Waals surface area (Å²) in [6.45, 7) is 0.995. The molecule has 0 saturated carbocycles. The minimum atomic E-state index is -0.266. The first kappa shape index (κ1) is 17.9. The Morgan fingerprint density at radius 3 is 1.86 bits per heavy atom. The van der Waals surface area contributed by atoms with Crippen molar-refractivity contribution in [2.75, 3.05) is 10.6 Å². The molecule has 1 heterocycles. The maximum absolute atomic E-state index is 13.1. The Balaban J connectivity index is 1.55. The summed E-state index contributed by atoms with van der Waals surface area (Å²) >= 11 is 0. The number of anilines is 2. The van der Waals surface area contributed by atoms with Gasteiger partial charge in [-0.2, -0.15) is 4.98 Å². The Bertz CT molecular complexity index is 1080. The van der Waals surface area contributed by atoms with Crippen LogP contribution in [-0.2, 0) is 13.1 Å². The number of halogens is 2. The number of nitrogens with zero attached hydrogens (tertiary/aromatic N) is 2. The summed E-state index contributed by atoms with van der Waals surface area (Å²) < 4.78 is 26.1. The SMILES string of the molecule is Fc1ccc(CNc2nc(NCc3ccc(F)cc3)c3ccccc3n2)cc1. The zero-order valence-electron chi connectivity index (χ0n) is 15.0. The van der Waals surface area contributed by atoms with E-state index in [4.69, 9.17) is 0 Å². The summed E-state index contributed by atoms with van der Waals surface area (Å²) in [6, 6.07) is 20.4. The van der Waals surface area contributed by atoms with Crippen LogP contribution in [0, 0.1) is 11.6 Å². The molecule has 4 nitrogen and oxygen atoms in total. The van der Waals surface area contributed by atoms with Gasteiger partial charge in [0, 0.05) is 18.5 Å². The van der Waals surface area contributed by atoms with Gasteiger partial charge in [-0.25, -0.2) is 13.8 Å². The van der Waals surface area contributed by atoms with Gasteiger partial charge in [0.1, 0.15) is 17.5 Å². The highest BCUT2D eigenvalue weighted by Crippen LogP contribution is 2.22. The molecule has 1 aromatic heterocycles. The van der Waals surface area contributed by atoms with Gasteiger partial charge in [-0.3, -0.25) is 0 Å². The molecule has 0 saturated heterocycles. The van der Waals surface area contributed by atoms with Crippen LogP contribution in [0.25, 0.3) is 10.9 Å². The van der Waals surface area contributed by atoms with E-state index in [1.165, 1.54) is 24.3 Å². The average molecular weight is 376 g/mol. The lowest BCUT2D eigenvalue weighted by atomic mass is 10.2. The monoisotopic (exact) mass is 376 g/mol. The molecule has 140 valence electrons. The molecular formula is C22H18F2N4. The van der Waals surface area contributed by atoms with Crippen molar-refractivity contribution in [3.05, 3.63) is 95.6 Å². The Hall–Kier alpha value is -3.54. The number of fused-ring (bicyclic) bond motifs is 1. The van der Waals surface area contributed by atoms with Gasteiger partial charge >= 0.3 is 0 Å². The van der Waals surface area contributed by atoms with E-state index in [0.29, 0.717) is 24.9 Å². The summed E-state index contributed by atoms with van der Waals surface area (Å²) in [5.41, 5.74) is 2.68. The molecule has 4 aromatic rings. The van der Waals surface area contributed by atoms with E-state index in [9.17, 15) is 8.78 Å². The van der Waals surface area contributed by atoms with Crippen molar-refractivity contribution in [2.45, 2.75) is 13.1 Å². The van der Waals surface area contributed by atoms with Crippen LogP contribution < -0.4 is 10.6 Å². The van der Waals surface area contributed by atoms with Gasteiger partial charge in [0.2, 0.25) is 5.95 Å². The first-order valence-corrected chi connectivity index (χ1v) is 8.91. The predicted octanol–water partition coefficient (Wildman–Crippen LogP) is 5.13. The molecule has 0 aliphatic carbocycles. The summed E-state index contributed by atoms with van der Waals surface area (Å²) in [6.07, 6.45) is 0. The molecule has 4 rings (SSSR count). The second-order valence-corrected chi connectivity index (χ2v) is 6.37. The van der Waals surface area contributed by atoms with E-state index in [2.05, 4.69) is 20.6 Å². The van der Waals surface area contributed by atoms with E-state index in [1.807, 2.05) is 24.3 Å². The van der Waals surface area contributed by atoms with Crippen molar-refractivity contribution in [2.24, 2.45) is 0 Å². The van der Waals surface area contributed by atoms with Gasteiger partial charge in [-0.05, 0) is 47.5 Å². The average Bonchev–Trinajstić information content (AvgIpc) is 2.73. The first-order chi connectivity index (χ1) is 13.7. The highest BCUT2D eigenvalue weighted by atomic mass is 19.1. The van der Waals surface area contributed by atoms with Crippen molar-refractivity contribution in [1.29, 1.82) is 0 Å². The van der Waals surface area contributed by atoms with Gasteiger partial charge in [0.15, 0.2) is 0 Å². The van der Waals surface area contributed by atoms with Gasteiger partial charge in [-0.15, -0.1) is 0 Å². The third-order valence-corrected chi connectivity index (χ3v) is 4.34. The molecule has 0 bridgehead atoms. The quantitative estimate of drug-likeness (QED) is 0.490. The molecule has 0 fully saturated rings. The largest absolute Gasteiger partial charge is 0.365 e. The Kier molecular flexibility index (Phi) is 5.10. The van der Waals surface area contributed by atoms with Crippen LogP contribution in [0.2, 0.25) is 0 Å². The van der Waals surface area contributed by atoms with Crippen LogP contribution in [0.3, 0.4) is 0 Å². The standard InChI is InChI=1S/C22H18F2N4/c23-17-9-5-15(6-10-17)13-25-21-19-3-1-2-4-20(19)27-22(28-21)26-14-16-7-11-18(24)12-8-16/h1-12H,13-14H2,(H2,25,26,27,28). The molecule has 6 heteroatoms. The predicted molar refractivity (Wildman–Crippen MR) is 107 cm³/mol. The van der Waals surface area contributed by atoms with E-state index < -0.39 is 0 Å². The van der Waals surface area contributed by atoms with E-state index in [1.54, 1.807) is 24.3 Å². The molecule has 0 atom stereocenters.